The molecule has 0 saturated heterocycles. The van der Waals surface area contributed by atoms with Crippen LogP contribution in [0.5, 0.6) is 11.5 Å². The number of rotatable bonds is 5. The van der Waals surface area contributed by atoms with Crippen LogP contribution >= 0.6 is 0 Å². The Morgan fingerprint density at radius 1 is 1.05 bits per heavy atom. The second-order valence-electron chi connectivity index (χ2n) is 4.72. The molecule has 0 atom stereocenters. The summed E-state index contributed by atoms with van der Waals surface area (Å²) in [7, 11) is 0. The van der Waals surface area contributed by atoms with Crippen molar-refractivity contribution in [1.82, 2.24) is 0 Å². The fraction of sp³-hybridized carbons (Fsp3) is 0.176. The number of phenolic OH excluding ortho intramolecular Hbond substituents is 2. The SMILES string of the molecule is CCOC(=O)c1ccc(CC(=O)c2ccc(O)cc2O)cc1. The summed E-state index contributed by atoms with van der Waals surface area (Å²) in [5, 5.41) is 18.9. The number of carbonyl (C=O) groups excluding carboxylic acids is 2. The number of hydrogen-bond donors (Lipinski definition) is 2. The van der Waals surface area contributed by atoms with Crippen LogP contribution in [0.4, 0.5) is 0 Å². The van der Waals surface area contributed by atoms with E-state index in [-0.39, 0.29) is 29.3 Å². The zero-order valence-corrected chi connectivity index (χ0v) is 12.1. The first-order chi connectivity index (χ1) is 10.5. The topological polar surface area (TPSA) is 83.8 Å². The molecule has 114 valence electrons. The maximum Gasteiger partial charge on any atom is 0.338 e. The predicted octanol–water partition coefficient (Wildman–Crippen LogP) is 2.70. The van der Waals surface area contributed by atoms with Crippen molar-refractivity contribution in [2.24, 2.45) is 0 Å². The molecule has 0 bridgehead atoms. The predicted molar refractivity (Wildman–Crippen MR) is 80.2 cm³/mol. The second-order valence-corrected chi connectivity index (χ2v) is 4.72. The smallest absolute Gasteiger partial charge is 0.338 e. The van der Waals surface area contributed by atoms with Crippen LogP contribution in [0.1, 0.15) is 33.2 Å². The van der Waals surface area contributed by atoms with Gasteiger partial charge in [0.15, 0.2) is 5.78 Å². The van der Waals surface area contributed by atoms with Crippen LogP contribution in [0.2, 0.25) is 0 Å². The van der Waals surface area contributed by atoms with Crippen LogP contribution in [0.25, 0.3) is 0 Å². The first-order valence-corrected chi connectivity index (χ1v) is 6.82. The van der Waals surface area contributed by atoms with Crippen LogP contribution in [-0.4, -0.2) is 28.6 Å². The monoisotopic (exact) mass is 300 g/mol. The minimum absolute atomic E-state index is 0.0848. The molecule has 0 spiro atoms. The molecule has 0 fully saturated rings. The van der Waals surface area contributed by atoms with Crippen molar-refractivity contribution >= 4 is 11.8 Å². The van der Waals surface area contributed by atoms with E-state index in [1.165, 1.54) is 12.1 Å². The zero-order valence-electron chi connectivity index (χ0n) is 12.1. The highest BCUT2D eigenvalue weighted by Crippen LogP contribution is 2.24. The number of esters is 1. The molecule has 0 aromatic heterocycles. The minimum atomic E-state index is -0.406. The molecule has 0 heterocycles. The van der Waals surface area contributed by atoms with Crippen molar-refractivity contribution in [2.45, 2.75) is 13.3 Å². The molecule has 0 aliphatic carbocycles. The number of benzene rings is 2. The summed E-state index contributed by atoms with van der Waals surface area (Å²) in [5.41, 5.74) is 1.28. The van der Waals surface area contributed by atoms with Crippen LogP contribution in [0, 0.1) is 0 Å². The Hall–Kier alpha value is -2.82. The van der Waals surface area contributed by atoms with Gasteiger partial charge < -0.3 is 14.9 Å². The van der Waals surface area contributed by atoms with Gasteiger partial charge in [-0.2, -0.15) is 0 Å². The van der Waals surface area contributed by atoms with E-state index in [2.05, 4.69) is 0 Å². The lowest BCUT2D eigenvalue weighted by Crippen LogP contribution is -2.06. The first-order valence-electron chi connectivity index (χ1n) is 6.82. The van der Waals surface area contributed by atoms with Gasteiger partial charge in [-0.15, -0.1) is 0 Å². The van der Waals surface area contributed by atoms with Gasteiger partial charge in [-0.3, -0.25) is 4.79 Å². The van der Waals surface area contributed by atoms with Crippen molar-refractivity contribution in [3.8, 4) is 11.5 Å². The molecular weight excluding hydrogens is 284 g/mol. The van der Waals surface area contributed by atoms with Gasteiger partial charge in [-0.25, -0.2) is 4.79 Å². The highest BCUT2D eigenvalue weighted by atomic mass is 16.5. The average Bonchev–Trinajstić information content (AvgIpc) is 2.48. The fourth-order valence-electron chi connectivity index (χ4n) is 2.01. The molecule has 5 nitrogen and oxygen atoms in total. The van der Waals surface area contributed by atoms with Gasteiger partial charge in [0.25, 0.3) is 0 Å². The van der Waals surface area contributed by atoms with E-state index in [0.29, 0.717) is 17.7 Å². The number of hydrogen-bond acceptors (Lipinski definition) is 5. The molecule has 0 saturated carbocycles. The van der Waals surface area contributed by atoms with E-state index in [1.807, 2.05) is 0 Å². The Morgan fingerprint density at radius 2 is 1.73 bits per heavy atom. The third kappa shape index (κ3) is 3.63. The average molecular weight is 300 g/mol. The molecular formula is C17H16O5. The van der Waals surface area contributed by atoms with Crippen molar-refractivity contribution in [1.29, 1.82) is 0 Å². The molecule has 2 aromatic rings. The summed E-state index contributed by atoms with van der Waals surface area (Å²) >= 11 is 0. The van der Waals surface area contributed by atoms with Gasteiger partial charge in [0.1, 0.15) is 11.5 Å². The van der Waals surface area contributed by atoms with E-state index < -0.39 is 5.97 Å². The largest absolute Gasteiger partial charge is 0.508 e. The van der Waals surface area contributed by atoms with E-state index in [9.17, 15) is 19.8 Å². The van der Waals surface area contributed by atoms with Crippen molar-refractivity contribution in [3.63, 3.8) is 0 Å². The number of Topliss-reactive ketones (excluding diaryl/α,β-unsaturated/α-hetero) is 1. The molecule has 22 heavy (non-hydrogen) atoms. The molecule has 2 rings (SSSR count). The third-order valence-electron chi connectivity index (χ3n) is 3.11. The molecule has 0 unspecified atom stereocenters. The lowest BCUT2D eigenvalue weighted by Gasteiger charge is -2.06. The lowest BCUT2D eigenvalue weighted by molar-refractivity contribution is 0.0526. The summed E-state index contributed by atoms with van der Waals surface area (Å²) in [4.78, 5) is 23.7. The highest BCUT2D eigenvalue weighted by molar-refractivity contribution is 6.00. The maximum atomic E-state index is 12.1. The molecule has 5 heteroatoms. The molecule has 0 aliphatic rings. The molecule has 2 aromatic carbocycles. The number of ketones is 1. The fourth-order valence-corrected chi connectivity index (χ4v) is 2.01. The maximum absolute atomic E-state index is 12.1. The Labute approximate surface area is 127 Å². The van der Waals surface area contributed by atoms with Gasteiger partial charge in [-0.1, -0.05) is 12.1 Å². The Bertz CT molecular complexity index is 689. The number of carbonyl (C=O) groups is 2. The van der Waals surface area contributed by atoms with E-state index in [1.54, 1.807) is 31.2 Å². The van der Waals surface area contributed by atoms with E-state index in [0.717, 1.165) is 6.07 Å². The summed E-state index contributed by atoms with van der Waals surface area (Å²) in [5.74, 6) is -1.04. The second kappa shape index (κ2) is 6.76. The van der Waals surface area contributed by atoms with Crippen LogP contribution in [0.3, 0.4) is 0 Å². The highest BCUT2D eigenvalue weighted by Gasteiger charge is 2.13. The third-order valence-corrected chi connectivity index (χ3v) is 3.11. The van der Waals surface area contributed by atoms with Gasteiger partial charge in [-0.05, 0) is 36.8 Å². The Kier molecular flexibility index (Phi) is 4.78. The Balaban J connectivity index is 2.10. The summed E-state index contributed by atoms with van der Waals surface area (Å²) in [6, 6.07) is 10.4. The molecule has 2 N–H and O–H groups in total. The van der Waals surface area contributed by atoms with E-state index in [4.69, 9.17) is 4.74 Å². The van der Waals surface area contributed by atoms with Crippen LogP contribution in [0.15, 0.2) is 42.5 Å². The van der Waals surface area contributed by atoms with Crippen molar-refractivity contribution in [2.75, 3.05) is 6.61 Å². The Morgan fingerprint density at radius 3 is 2.32 bits per heavy atom. The standard InChI is InChI=1S/C17H16O5/c1-2-22-17(21)12-5-3-11(4-6-12)9-15(19)14-8-7-13(18)10-16(14)20/h3-8,10,18,20H,2,9H2,1H3. The first kappa shape index (κ1) is 15.6. The van der Waals surface area contributed by atoms with Gasteiger partial charge in [0.05, 0.1) is 17.7 Å². The van der Waals surface area contributed by atoms with Gasteiger partial charge in [0.2, 0.25) is 0 Å². The van der Waals surface area contributed by atoms with Gasteiger partial charge >= 0.3 is 5.97 Å². The van der Waals surface area contributed by atoms with Gasteiger partial charge in [0, 0.05) is 12.5 Å². The van der Waals surface area contributed by atoms with Crippen molar-refractivity contribution < 1.29 is 24.5 Å². The molecule has 0 amide bonds. The normalized spacial score (nSPS) is 10.2. The lowest BCUT2D eigenvalue weighted by atomic mass is 10.0. The number of aromatic hydroxyl groups is 2. The van der Waals surface area contributed by atoms with Crippen LogP contribution in [-0.2, 0) is 11.2 Å². The summed E-state index contributed by atoms with van der Waals surface area (Å²) in [6.45, 7) is 2.04. The number of phenols is 2. The van der Waals surface area contributed by atoms with Crippen molar-refractivity contribution in [3.05, 3.63) is 59.2 Å². The quantitative estimate of drug-likeness (QED) is 0.655. The summed E-state index contributed by atoms with van der Waals surface area (Å²) < 4.78 is 4.88. The number of ether oxygens (including phenoxy) is 1. The summed E-state index contributed by atoms with van der Waals surface area (Å²) in [6.07, 6.45) is 0.0848. The van der Waals surface area contributed by atoms with Crippen LogP contribution < -0.4 is 0 Å². The minimum Gasteiger partial charge on any atom is -0.508 e. The molecule has 0 radical (unpaired) electrons. The van der Waals surface area contributed by atoms with E-state index >= 15 is 0 Å². The molecule has 0 aliphatic heterocycles. The zero-order chi connectivity index (χ0) is 16.1.